The van der Waals surface area contributed by atoms with Crippen LogP contribution in [0.15, 0.2) is 54.7 Å². The number of hydrogen-bond donors (Lipinski definition) is 0. The summed E-state index contributed by atoms with van der Waals surface area (Å²) >= 11 is 0. The van der Waals surface area contributed by atoms with Crippen molar-refractivity contribution in [1.29, 1.82) is 0 Å². The summed E-state index contributed by atoms with van der Waals surface area (Å²) in [5.41, 5.74) is 3.89. The van der Waals surface area contributed by atoms with E-state index >= 15 is 0 Å². The minimum absolute atomic E-state index is 0.527. The fourth-order valence-corrected chi connectivity index (χ4v) is 2.30. The van der Waals surface area contributed by atoms with E-state index in [-0.39, 0.29) is 0 Å². The number of hydrogen-bond acceptors (Lipinski definition) is 2. The lowest BCUT2D eigenvalue weighted by Gasteiger charge is -2.12. The molecule has 100 valence electrons. The fourth-order valence-electron chi connectivity index (χ4n) is 2.30. The van der Waals surface area contributed by atoms with Gasteiger partial charge in [0.2, 0.25) is 6.41 Å². The molecule has 0 spiro atoms. The largest absolute Gasteiger partial charge is 0.342 e. The van der Waals surface area contributed by atoms with Crippen molar-refractivity contribution in [3.05, 3.63) is 60.4 Å². The van der Waals surface area contributed by atoms with Crippen molar-refractivity contribution in [3.8, 4) is 11.3 Å². The van der Waals surface area contributed by atoms with E-state index in [1.54, 1.807) is 11.9 Å². The lowest BCUT2D eigenvalue weighted by molar-refractivity contribution is -0.117. The van der Waals surface area contributed by atoms with Crippen LogP contribution >= 0.6 is 0 Å². The number of fused-ring (bicyclic) bond motifs is 1. The number of pyridine rings is 1. The maximum atomic E-state index is 10.9. The minimum atomic E-state index is 0.527. The molecule has 0 aliphatic heterocycles. The van der Waals surface area contributed by atoms with Crippen molar-refractivity contribution in [1.82, 2.24) is 14.3 Å². The van der Waals surface area contributed by atoms with Crippen LogP contribution in [0, 0.1) is 0 Å². The summed E-state index contributed by atoms with van der Waals surface area (Å²) in [5.74, 6) is 0. The number of benzene rings is 1. The molecule has 0 bridgehead atoms. The Labute approximate surface area is 117 Å². The van der Waals surface area contributed by atoms with Gasteiger partial charge < -0.3 is 9.30 Å². The zero-order chi connectivity index (χ0) is 13.9. The van der Waals surface area contributed by atoms with Gasteiger partial charge in [0.05, 0.1) is 17.9 Å². The minimum Gasteiger partial charge on any atom is -0.342 e. The van der Waals surface area contributed by atoms with Gasteiger partial charge in [-0.3, -0.25) is 4.79 Å². The Morgan fingerprint density at radius 2 is 1.90 bits per heavy atom. The highest BCUT2D eigenvalue weighted by atomic mass is 16.1. The van der Waals surface area contributed by atoms with Crippen LogP contribution in [0.1, 0.15) is 5.69 Å². The van der Waals surface area contributed by atoms with Crippen LogP contribution in [0.4, 0.5) is 0 Å². The lowest BCUT2D eigenvalue weighted by atomic mass is 10.1. The van der Waals surface area contributed by atoms with Crippen LogP contribution in [0.25, 0.3) is 16.9 Å². The standard InChI is InChI=1S/C16H15N3O/c1-18(12-20)11-14-16(13-7-3-2-4-8-13)17-15-9-5-6-10-19(14)15/h2-10,12H,11H2,1H3. The van der Waals surface area contributed by atoms with E-state index in [0.717, 1.165) is 29.0 Å². The second-order valence-corrected chi connectivity index (χ2v) is 4.72. The second kappa shape index (κ2) is 5.17. The van der Waals surface area contributed by atoms with Crippen LogP contribution < -0.4 is 0 Å². The number of amides is 1. The number of nitrogens with zero attached hydrogens (tertiary/aromatic N) is 3. The summed E-state index contributed by atoms with van der Waals surface area (Å²) in [4.78, 5) is 17.2. The number of carbonyl (C=O) groups excluding carboxylic acids is 1. The number of imidazole rings is 1. The Kier molecular flexibility index (Phi) is 3.21. The first-order chi connectivity index (χ1) is 9.79. The molecule has 0 aliphatic rings. The van der Waals surface area contributed by atoms with Gasteiger partial charge >= 0.3 is 0 Å². The highest BCUT2D eigenvalue weighted by Gasteiger charge is 2.14. The summed E-state index contributed by atoms with van der Waals surface area (Å²) in [5, 5.41) is 0. The summed E-state index contributed by atoms with van der Waals surface area (Å²) in [6.07, 6.45) is 2.81. The molecule has 0 radical (unpaired) electrons. The molecule has 0 saturated carbocycles. The Morgan fingerprint density at radius 3 is 2.65 bits per heavy atom. The van der Waals surface area contributed by atoms with Gasteiger partial charge in [0.25, 0.3) is 0 Å². The maximum Gasteiger partial charge on any atom is 0.209 e. The molecule has 20 heavy (non-hydrogen) atoms. The molecule has 0 fully saturated rings. The average molecular weight is 265 g/mol. The van der Waals surface area contributed by atoms with Crippen molar-refractivity contribution >= 4 is 12.1 Å². The van der Waals surface area contributed by atoms with E-state index in [1.807, 2.05) is 59.1 Å². The summed E-state index contributed by atoms with van der Waals surface area (Å²) in [6.45, 7) is 0.527. The van der Waals surface area contributed by atoms with E-state index in [2.05, 4.69) is 0 Å². The first-order valence-electron chi connectivity index (χ1n) is 6.46. The fraction of sp³-hybridized carbons (Fsp3) is 0.125. The molecular weight excluding hydrogens is 250 g/mol. The molecule has 0 unspecified atom stereocenters. The van der Waals surface area contributed by atoms with Gasteiger partial charge in [-0.25, -0.2) is 4.98 Å². The van der Waals surface area contributed by atoms with Gasteiger partial charge in [-0.15, -0.1) is 0 Å². The topological polar surface area (TPSA) is 37.6 Å². The highest BCUT2D eigenvalue weighted by Crippen LogP contribution is 2.24. The molecule has 0 N–H and O–H groups in total. The van der Waals surface area contributed by atoms with E-state index in [4.69, 9.17) is 4.98 Å². The Morgan fingerprint density at radius 1 is 1.15 bits per heavy atom. The zero-order valence-corrected chi connectivity index (χ0v) is 11.2. The maximum absolute atomic E-state index is 10.9. The van der Waals surface area contributed by atoms with Crippen LogP contribution in [0.5, 0.6) is 0 Å². The first-order valence-corrected chi connectivity index (χ1v) is 6.46. The Balaban J connectivity index is 2.20. The zero-order valence-electron chi connectivity index (χ0n) is 11.2. The van der Waals surface area contributed by atoms with Gasteiger partial charge in [-0.1, -0.05) is 36.4 Å². The number of carbonyl (C=O) groups is 1. The summed E-state index contributed by atoms with van der Waals surface area (Å²) in [7, 11) is 1.77. The molecule has 1 aromatic carbocycles. The third-order valence-corrected chi connectivity index (χ3v) is 3.26. The number of aromatic nitrogens is 2. The van der Waals surface area contributed by atoms with Crippen molar-refractivity contribution < 1.29 is 4.79 Å². The third-order valence-electron chi connectivity index (χ3n) is 3.26. The molecule has 1 amide bonds. The molecule has 2 heterocycles. The van der Waals surface area contributed by atoms with Gasteiger partial charge in [0.15, 0.2) is 0 Å². The van der Waals surface area contributed by atoms with Gasteiger partial charge in [0.1, 0.15) is 5.65 Å². The predicted molar refractivity (Wildman–Crippen MR) is 78.2 cm³/mol. The van der Waals surface area contributed by atoms with Crippen molar-refractivity contribution in [2.75, 3.05) is 7.05 Å². The first kappa shape index (κ1) is 12.4. The summed E-state index contributed by atoms with van der Waals surface area (Å²) in [6, 6.07) is 15.9. The molecule has 4 nitrogen and oxygen atoms in total. The highest BCUT2D eigenvalue weighted by molar-refractivity contribution is 5.67. The molecule has 3 aromatic rings. The quantitative estimate of drug-likeness (QED) is 0.680. The molecule has 4 heteroatoms. The van der Waals surface area contributed by atoms with Crippen molar-refractivity contribution in [2.24, 2.45) is 0 Å². The van der Waals surface area contributed by atoms with Crippen LogP contribution in [0.3, 0.4) is 0 Å². The van der Waals surface area contributed by atoms with Gasteiger partial charge in [-0.05, 0) is 12.1 Å². The van der Waals surface area contributed by atoms with Gasteiger partial charge in [0, 0.05) is 18.8 Å². The molecule has 0 saturated heterocycles. The number of rotatable bonds is 4. The third kappa shape index (κ3) is 2.16. The van der Waals surface area contributed by atoms with E-state index in [0.29, 0.717) is 6.54 Å². The van der Waals surface area contributed by atoms with E-state index in [1.165, 1.54) is 0 Å². The lowest BCUT2D eigenvalue weighted by Crippen LogP contribution is -2.16. The van der Waals surface area contributed by atoms with Crippen molar-refractivity contribution in [3.63, 3.8) is 0 Å². The summed E-state index contributed by atoms with van der Waals surface area (Å²) < 4.78 is 2.03. The molecule has 0 atom stereocenters. The van der Waals surface area contributed by atoms with Gasteiger partial charge in [-0.2, -0.15) is 0 Å². The van der Waals surface area contributed by atoms with E-state index < -0.39 is 0 Å². The smallest absolute Gasteiger partial charge is 0.209 e. The monoisotopic (exact) mass is 265 g/mol. The molecule has 0 aliphatic carbocycles. The predicted octanol–water partition coefficient (Wildman–Crippen LogP) is 2.59. The average Bonchev–Trinajstić information content (AvgIpc) is 2.87. The molecular formula is C16H15N3O. The SMILES string of the molecule is CN(C=O)Cc1c(-c2ccccc2)nc2ccccn12. The second-order valence-electron chi connectivity index (χ2n) is 4.72. The normalized spacial score (nSPS) is 10.7. The Bertz CT molecular complexity index is 734. The van der Waals surface area contributed by atoms with Crippen molar-refractivity contribution in [2.45, 2.75) is 6.54 Å². The van der Waals surface area contributed by atoms with Crippen LogP contribution in [-0.4, -0.2) is 27.7 Å². The molecule has 2 aromatic heterocycles. The van der Waals surface area contributed by atoms with Crippen LogP contribution in [-0.2, 0) is 11.3 Å². The molecule has 3 rings (SSSR count). The van der Waals surface area contributed by atoms with Crippen LogP contribution in [0.2, 0.25) is 0 Å². The van der Waals surface area contributed by atoms with E-state index in [9.17, 15) is 4.79 Å². The Hall–Kier alpha value is -2.62.